The zero-order valence-electron chi connectivity index (χ0n) is 9.75. The van der Waals surface area contributed by atoms with Crippen LogP contribution in [0.1, 0.15) is 11.1 Å². The van der Waals surface area contributed by atoms with Crippen molar-refractivity contribution >= 4 is 0 Å². The molecule has 0 fully saturated rings. The molecule has 0 atom stereocenters. The first-order chi connectivity index (χ1) is 7.83. The van der Waals surface area contributed by atoms with Crippen LogP contribution in [0, 0.1) is 6.92 Å². The molecule has 2 N–H and O–H groups in total. The fourth-order valence-corrected chi connectivity index (χ4v) is 1.85. The summed E-state index contributed by atoms with van der Waals surface area (Å²) in [6, 6.07) is 8.37. The van der Waals surface area contributed by atoms with Crippen LogP contribution >= 0.6 is 0 Å². The molecule has 3 nitrogen and oxygen atoms in total. The van der Waals surface area contributed by atoms with E-state index in [1.54, 1.807) is 0 Å². The van der Waals surface area contributed by atoms with Crippen LogP contribution in [0.5, 0.6) is 0 Å². The summed E-state index contributed by atoms with van der Waals surface area (Å²) >= 11 is 0. The van der Waals surface area contributed by atoms with E-state index in [1.165, 1.54) is 16.7 Å². The Labute approximate surface area is 95.9 Å². The number of hydrogen-bond acceptors (Lipinski definition) is 2. The lowest BCUT2D eigenvalue weighted by atomic mass is 10.0. The van der Waals surface area contributed by atoms with E-state index < -0.39 is 0 Å². The third-order valence-electron chi connectivity index (χ3n) is 2.78. The standard InChI is InChI=1S/C13H17N3/c1-10-5-3-4-6-12(10)13-11(7-8-14-2)9-15-16-13/h3-6,9,14H,7-8H2,1-2H3,(H,15,16). The summed E-state index contributed by atoms with van der Waals surface area (Å²) in [5.41, 5.74) is 4.93. The zero-order chi connectivity index (χ0) is 11.4. The summed E-state index contributed by atoms with van der Waals surface area (Å²) in [6.07, 6.45) is 2.91. The molecule has 16 heavy (non-hydrogen) atoms. The summed E-state index contributed by atoms with van der Waals surface area (Å²) < 4.78 is 0. The summed E-state index contributed by atoms with van der Waals surface area (Å²) in [5.74, 6) is 0. The predicted molar refractivity (Wildman–Crippen MR) is 66.4 cm³/mol. The van der Waals surface area contributed by atoms with Crippen LogP contribution in [0.25, 0.3) is 11.3 Å². The van der Waals surface area contributed by atoms with Crippen molar-refractivity contribution in [1.82, 2.24) is 15.5 Å². The molecule has 0 saturated carbocycles. The Balaban J connectivity index is 2.33. The number of aromatic nitrogens is 2. The highest BCUT2D eigenvalue weighted by Crippen LogP contribution is 2.24. The molecule has 0 aliphatic carbocycles. The second kappa shape index (κ2) is 4.94. The molecular formula is C13H17N3. The number of hydrogen-bond donors (Lipinski definition) is 2. The SMILES string of the molecule is CNCCc1cn[nH]c1-c1ccccc1C. The molecular weight excluding hydrogens is 198 g/mol. The van der Waals surface area contributed by atoms with Gasteiger partial charge in [-0.3, -0.25) is 5.10 Å². The van der Waals surface area contributed by atoms with E-state index >= 15 is 0 Å². The van der Waals surface area contributed by atoms with Gasteiger partial charge in [-0.15, -0.1) is 0 Å². The number of likely N-dealkylation sites (N-methyl/N-ethyl adjacent to an activating group) is 1. The van der Waals surface area contributed by atoms with E-state index in [1.807, 2.05) is 13.2 Å². The average molecular weight is 215 g/mol. The van der Waals surface area contributed by atoms with E-state index in [9.17, 15) is 0 Å². The molecule has 0 aliphatic rings. The molecule has 0 amide bonds. The third-order valence-corrected chi connectivity index (χ3v) is 2.78. The molecule has 0 unspecified atom stereocenters. The maximum absolute atomic E-state index is 4.14. The van der Waals surface area contributed by atoms with Gasteiger partial charge in [-0.25, -0.2) is 0 Å². The Morgan fingerprint density at radius 1 is 1.31 bits per heavy atom. The maximum atomic E-state index is 4.14. The highest BCUT2D eigenvalue weighted by molar-refractivity contribution is 5.66. The molecule has 0 saturated heterocycles. The number of nitrogens with one attached hydrogen (secondary N) is 2. The molecule has 0 bridgehead atoms. The Morgan fingerprint density at radius 2 is 2.12 bits per heavy atom. The number of rotatable bonds is 4. The maximum Gasteiger partial charge on any atom is 0.0685 e. The number of aromatic amines is 1. The van der Waals surface area contributed by atoms with Crippen LogP contribution in [-0.2, 0) is 6.42 Å². The van der Waals surface area contributed by atoms with Crippen LogP contribution in [0.4, 0.5) is 0 Å². The second-order valence-corrected chi connectivity index (χ2v) is 3.94. The fourth-order valence-electron chi connectivity index (χ4n) is 1.85. The van der Waals surface area contributed by atoms with Gasteiger partial charge in [-0.2, -0.15) is 5.10 Å². The van der Waals surface area contributed by atoms with Gasteiger partial charge in [0, 0.05) is 5.56 Å². The van der Waals surface area contributed by atoms with E-state index in [0.29, 0.717) is 0 Å². The van der Waals surface area contributed by atoms with Crippen molar-refractivity contribution in [3.63, 3.8) is 0 Å². The van der Waals surface area contributed by atoms with Crippen molar-refractivity contribution in [1.29, 1.82) is 0 Å². The Kier molecular flexibility index (Phi) is 3.37. The van der Waals surface area contributed by atoms with Crippen LogP contribution in [0.3, 0.4) is 0 Å². The van der Waals surface area contributed by atoms with Crippen molar-refractivity contribution in [2.45, 2.75) is 13.3 Å². The quantitative estimate of drug-likeness (QED) is 0.820. The van der Waals surface area contributed by atoms with Gasteiger partial charge in [-0.05, 0) is 38.1 Å². The van der Waals surface area contributed by atoms with Gasteiger partial charge in [0.05, 0.1) is 11.9 Å². The van der Waals surface area contributed by atoms with Crippen LogP contribution in [0.2, 0.25) is 0 Å². The molecule has 2 rings (SSSR count). The van der Waals surface area contributed by atoms with Crippen molar-refractivity contribution in [2.75, 3.05) is 13.6 Å². The Morgan fingerprint density at radius 3 is 2.88 bits per heavy atom. The van der Waals surface area contributed by atoms with Crippen molar-refractivity contribution < 1.29 is 0 Å². The lowest BCUT2D eigenvalue weighted by molar-refractivity contribution is 0.793. The molecule has 2 aromatic rings. The van der Waals surface area contributed by atoms with Crippen molar-refractivity contribution in [3.8, 4) is 11.3 Å². The van der Waals surface area contributed by atoms with Gasteiger partial charge >= 0.3 is 0 Å². The molecule has 3 heteroatoms. The van der Waals surface area contributed by atoms with Crippen molar-refractivity contribution in [2.24, 2.45) is 0 Å². The van der Waals surface area contributed by atoms with Gasteiger partial charge in [0.1, 0.15) is 0 Å². The summed E-state index contributed by atoms with van der Waals surface area (Å²) in [6.45, 7) is 3.09. The average Bonchev–Trinajstić information content (AvgIpc) is 2.75. The topological polar surface area (TPSA) is 40.7 Å². The molecule has 0 spiro atoms. The minimum Gasteiger partial charge on any atom is -0.319 e. The van der Waals surface area contributed by atoms with Gasteiger partial charge < -0.3 is 5.32 Å². The summed E-state index contributed by atoms with van der Waals surface area (Å²) in [5, 5.41) is 10.4. The van der Waals surface area contributed by atoms with Gasteiger partial charge in [0.25, 0.3) is 0 Å². The minimum absolute atomic E-state index is 0.971. The van der Waals surface area contributed by atoms with Crippen molar-refractivity contribution in [3.05, 3.63) is 41.6 Å². The Hall–Kier alpha value is -1.61. The van der Waals surface area contributed by atoms with Gasteiger partial charge in [-0.1, -0.05) is 24.3 Å². The normalized spacial score (nSPS) is 10.6. The summed E-state index contributed by atoms with van der Waals surface area (Å²) in [7, 11) is 1.97. The van der Waals surface area contributed by atoms with Crippen LogP contribution in [0.15, 0.2) is 30.5 Å². The Bertz CT molecular complexity index is 460. The van der Waals surface area contributed by atoms with E-state index in [-0.39, 0.29) is 0 Å². The van der Waals surface area contributed by atoms with E-state index in [4.69, 9.17) is 0 Å². The van der Waals surface area contributed by atoms with Gasteiger partial charge in [0.15, 0.2) is 0 Å². The molecule has 84 valence electrons. The lowest BCUT2D eigenvalue weighted by Crippen LogP contribution is -2.10. The first-order valence-electron chi connectivity index (χ1n) is 5.55. The third kappa shape index (κ3) is 2.14. The molecule has 1 aromatic carbocycles. The highest BCUT2D eigenvalue weighted by Gasteiger charge is 2.08. The molecule has 0 radical (unpaired) electrons. The monoisotopic (exact) mass is 215 g/mol. The number of benzene rings is 1. The minimum atomic E-state index is 0.971. The van der Waals surface area contributed by atoms with Crippen LogP contribution in [-0.4, -0.2) is 23.8 Å². The first-order valence-corrected chi connectivity index (χ1v) is 5.55. The largest absolute Gasteiger partial charge is 0.319 e. The molecule has 0 aliphatic heterocycles. The number of H-pyrrole nitrogens is 1. The lowest BCUT2D eigenvalue weighted by Gasteiger charge is -2.06. The smallest absolute Gasteiger partial charge is 0.0685 e. The second-order valence-electron chi connectivity index (χ2n) is 3.94. The number of aryl methyl sites for hydroxylation is 1. The van der Waals surface area contributed by atoms with E-state index in [2.05, 4.69) is 46.7 Å². The highest BCUT2D eigenvalue weighted by atomic mass is 15.1. The fraction of sp³-hybridized carbons (Fsp3) is 0.308. The molecule has 1 aromatic heterocycles. The van der Waals surface area contributed by atoms with Gasteiger partial charge in [0.2, 0.25) is 0 Å². The molecule has 1 heterocycles. The summed E-state index contributed by atoms with van der Waals surface area (Å²) in [4.78, 5) is 0. The zero-order valence-corrected chi connectivity index (χ0v) is 9.75. The number of nitrogens with zero attached hydrogens (tertiary/aromatic N) is 1. The van der Waals surface area contributed by atoms with Crippen LogP contribution < -0.4 is 5.32 Å². The first kappa shape index (κ1) is 10.9. The predicted octanol–water partition coefficient (Wildman–Crippen LogP) is 2.15. The van der Waals surface area contributed by atoms with E-state index in [0.717, 1.165) is 18.7 Å².